The lowest BCUT2D eigenvalue weighted by Gasteiger charge is -2.40. The first-order valence-corrected chi connectivity index (χ1v) is 8.27. The number of nitriles is 2. The van der Waals surface area contributed by atoms with Gasteiger partial charge in [0.05, 0.1) is 12.1 Å². The van der Waals surface area contributed by atoms with Crippen molar-refractivity contribution in [3.05, 3.63) is 59.2 Å². The second-order valence-corrected chi connectivity index (χ2v) is 7.10. The molecule has 2 aliphatic rings. The van der Waals surface area contributed by atoms with Crippen LogP contribution in [0.15, 0.2) is 53.6 Å². The predicted octanol–water partition coefficient (Wildman–Crippen LogP) is 4.45. The number of hydrogen-bond donors (Lipinski definition) is 0. The lowest BCUT2D eigenvalue weighted by molar-refractivity contribution is -0.126. The maximum absolute atomic E-state index is 12.6. The highest BCUT2D eigenvalue weighted by molar-refractivity contribution is 5.90. The minimum Gasteiger partial charge on any atom is -0.299 e. The van der Waals surface area contributed by atoms with E-state index in [1.54, 1.807) is 0 Å². The molecule has 3 nitrogen and oxygen atoms in total. The van der Waals surface area contributed by atoms with E-state index in [2.05, 4.69) is 30.3 Å². The number of rotatable bonds is 1. The van der Waals surface area contributed by atoms with E-state index in [9.17, 15) is 15.3 Å². The van der Waals surface area contributed by atoms with Crippen LogP contribution < -0.4 is 0 Å². The first-order chi connectivity index (χ1) is 11.5. The fourth-order valence-corrected chi connectivity index (χ4v) is 4.14. The summed E-state index contributed by atoms with van der Waals surface area (Å²) in [5.41, 5.74) is 0.906. The molecule has 1 unspecified atom stereocenters. The number of allylic oxidation sites excluding steroid dienone is 4. The molecule has 0 radical (unpaired) electrons. The molecule has 3 rings (SSSR count). The molecule has 0 aromatic heterocycles. The monoisotopic (exact) mass is 316 g/mol. The third-order valence-electron chi connectivity index (χ3n) is 5.36. The Labute approximate surface area is 142 Å². The zero-order valence-electron chi connectivity index (χ0n) is 14.0. The molecule has 0 spiro atoms. The average Bonchev–Trinajstić information content (AvgIpc) is 2.77. The Bertz CT molecular complexity index is 802. The van der Waals surface area contributed by atoms with Gasteiger partial charge < -0.3 is 0 Å². The molecule has 0 fully saturated rings. The van der Waals surface area contributed by atoms with E-state index in [1.807, 2.05) is 38.1 Å². The number of hydrogen-bond acceptors (Lipinski definition) is 3. The van der Waals surface area contributed by atoms with Crippen molar-refractivity contribution in [2.75, 3.05) is 0 Å². The second-order valence-electron chi connectivity index (χ2n) is 7.10. The smallest absolute Gasteiger partial charge is 0.169 e. The van der Waals surface area contributed by atoms with Crippen LogP contribution in [0.4, 0.5) is 0 Å². The Hall–Kier alpha value is -2.65. The molecule has 0 bridgehead atoms. The largest absolute Gasteiger partial charge is 0.299 e. The molecule has 120 valence electrons. The van der Waals surface area contributed by atoms with E-state index in [0.29, 0.717) is 19.3 Å². The quantitative estimate of drug-likeness (QED) is 0.719. The number of ketones is 1. The minimum absolute atomic E-state index is 0.0251. The van der Waals surface area contributed by atoms with Gasteiger partial charge in [0.2, 0.25) is 0 Å². The van der Waals surface area contributed by atoms with E-state index >= 15 is 0 Å². The molecule has 1 atom stereocenters. The van der Waals surface area contributed by atoms with Crippen molar-refractivity contribution in [2.45, 2.75) is 39.0 Å². The fraction of sp³-hybridized carbons (Fsp3) is 0.381. The number of benzene rings is 1. The highest BCUT2D eigenvalue weighted by atomic mass is 16.1. The van der Waals surface area contributed by atoms with E-state index in [-0.39, 0.29) is 11.7 Å². The highest BCUT2D eigenvalue weighted by Crippen LogP contribution is 2.53. The SMILES string of the molecule is CC1(C)C(=O)CCC2=C1C(C#N)(C#N)CC=CC2c1ccccc1. The van der Waals surface area contributed by atoms with Gasteiger partial charge in [0.1, 0.15) is 5.78 Å². The molecule has 0 N–H and O–H groups in total. The van der Waals surface area contributed by atoms with Crippen molar-refractivity contribution in [2.24, 2.45) is 10.8 Å². The first kappa shape index (κ1) is 16.2. The molecular formula is C21H20N2O. The first-order valence-electron chi connectivity index (χ1n) is 8.27. The van der Waals surface area contributed by atoms with Gasteiger partial charge in [-0.05, 0) is 31.4 Å². The van der Waals surface area contributed by atoms with Crippen LogP contribution in [-0.2, 0) is 4.79 Å². The van der Waals surface area contributed by atoms with Crippen LogP contribution in [0.2, 0.25) is 0 Å². The third-order valence-corrected chi connectivity index (χ3v) is 5.36. The Balaban J connectivity index is 2.31. The van der Waals surface area contributed by atoms with Gasteiger partial charge in [-0.1, -0.05) is 48.1 Å². The van der Waals surface area contributed by atoms with Gasteiger partial charge in [-0.15, -0.1) is 0 Å². The van der Waals surface area contributed by atoms with E-state index in [0.717, 1.165) is 16.7 Å². The summed E-state index contributed by atoms with van der Waals surface area (Å²) in [5.74, 6) is 0.141. The predicted molar refractivity (Wildman–Crippen MR) is 91.6 cm³/mol. The van der Waals surface area contributed by atoms with Gasteiger partial charge in [-0.2, -0.15) is 10.5 Å². The summed E-state index contributed by atoms with van der Waals surface area (Å²) in [4.78, 5) is 12.6. The normalized spacial score (nSPS) is 24.5. The summed E-state index contributed by atoms with van der Waals surface area (Å²) in [7, 11) is 0. The van der Waals surface area contributed by atoms with Crippen LogP contribution in [0.5, 0.6) is 0 Å². The lowest BCUT2D eigenvalue weighted by atomic mass is 9.60. The average molecular weight is 316 g/mol. The van der Waals surface area contributed by atoms with Gasteiger partial charge in [0, 0.05) is 24.2 Å². The van der Waals surface area contributed by atoms with E-state index in [4.69, 9.17) is 0 Å². The van der Waals surface area contributed by atoms with Crippen LogP contribution in [0, 0.1) is 33.5 Å². The topological polar surface area (TPSA) is 64.7 Å². The van der Waals surface area contributed by atoms with Gasteiger partial charge in [-0.3, -0.25) is 4.79 Å². The van der Waals surface area contributed by atoms with Crippen LogP contribution in [0.1, 0.15) is 44.6 Å². The van der Waals surface area contributed by atoms with Crippen LogP contribution >= 0.6 is 0 Å². The van der Waals surface area contributed by atoms with Crippen LogP contribution in [-0.4, -0.2) is 5.78 Å². The molecule has 2 aliphatic carbocycles. The highest BCUT2D eigenvalue weighted by Gasteiger charge is 2.50. The molecule has 0 aliphatic heterocycles. The molecular weight excluding hydrogens is 296 g/mol. The maximum atomic E-state index is 12.6. The van der Waals surface area contributed by atoms with Gasteiger partial charge in [-0.25, -0.2) is 0 Å². The van der Waals surface area contributed by atoms with Gasteiger partial charge in [0.25, 0.3) is 0 Å². The molecule has 1 aromatic carbocycles. The molecule has 0 saturated carbocycles. The van der Waals surface area contributed by atoms with Crippen molar-refractivity contribution in [3.8, 4) is 12.1 Å². The van der Waals surface area contributed by atoms with Crippen molar-refractivity contribution < 1.29 is 4.79 Å². The Morgan fingerprint density at radius 1 is 1.08 bits per heavy atom. The third kappa shape index (κ3) is 2.29. The van der Waals surface area contributed by atoms with Crippen molar-refractivity contribution in [1.29, 1.82) is 10.5 Å². The zero-order valence-corrected chi connectivity index (χ0v) is 14.0. The molecule has 0 amide bonds. The molecule has 0 saturated heterocycles. The molecule has 1 aromatic rings. The standard InChI is InChI=1S/C21H20N2O/c1-20(2)18(24)11-10-17-16(15-7-4-3-5-8-15)9-6-12-21(13-22,14-23)19(17)20/h3-9,16H,10-12H2,1-2H3. The van der Waals surface area contributed by atoms with Crippen LogP contribution in [0.3, 0.4) is 0 Å². The van der Waals surface area contributed by atoms with Crippen molar-refractivity contribution in [1.82, 2.24) is 0 Å². The Morgan fingerprint density at radius 2 is 1.75 bits per heavy atom. The summed E-state index contributed by atoms with van der Waals surface area (Å²) < 4.78 is 0. The number of nitrogens with zero attached hydrogens (tertiary/aromatic N) is 2. The lowest BCUT2D eigenvalue weighted by Crippen LogP contribution is -2.39. The summed E-state index contributed by atoms with van der Waals surface area (Å²) >= 11 is 0. The van der Waals surface area contributed by atoms with Crippen molar-refractivity contribution in [3.63, 3.8) is 0 Å². The minimum atomic E-state index is -1.26. The zero-order chi connectivity index (χ0) is 17.4. The summed E-state index contributed by atoms with van der Waals surface area (Å²) in [6.07, 6.45) is 5.44. The van der Waals surface area contributed by atoms with E-state index < -0.39 is 10.8 Å². The van der Waals surface area contributed by atoms with Crippen LogP contribution in [0.25, 0.3) is 0 Å². The fourth-order valence-electron chi connectivity index (χ4n) is 4.14. The van der Waals surface area contributed by atoms with Gasteiger partial charge >= 0.3 is 0 Å². The summed E-state index contributed by atoms with van der Waals surface area (Å²) in [6.45, 7) is 3.72. The van der Waals surface area contributed by atoms with E-state index in [1.165, 1.54) is 0 Å². The Morgan fingerprint density at radius 3 is 2.38 bits per heavy atom. The Kier molecular flexibility index (Phi) is 3.90. The summed E-state index contributed by atoms with van der Waals surface area (Å²) in [6, 6.07) is 14.6. The number of carbonyl (C=O) groups excluding carboxylic acids is 1. The maximum Gasteiger partial charge on any atom is 0.169 e. The molecule has 24 heavy (non-hydrogen) atoms. The number of carbonyl (C=O) groups is 1. The molecule has 3 heteroatoms. The van der Waals surface area contributed by atoms with Crippen molar-refractivity contribution >= 4 is 5.78 Å². The molecule has 0 heterocycles. The second kappa shape index (κ2) is 5.77. The summed E-state index contributed by atoms with van der Waals surface area (Å²) in [5, 5.41) is 19.7. The van der Waals surface area contributed by atoms with Gasteiger partial charge in [0.15, 0.2) is 5.41 Å². The number of Topliss-reactive ketones (excluding diaryl/α,β-unsaturated/α-hetero) is 1.